The molecule has 120 valence electrons. The molecule has 0 fully saturated rings. The van der Waals surface area contributed by atoms with Gasteiger partial charge in [-0.2, -0.15) is 0 Å². The lowest BCUT2D eigenvalue weighted by molar-refractivity contribution is -0.134. The molecule has 0 saturated carbocycles. The summed E-state index contributed by atoms with van der Waals surface area (Å²) in [5, 5.41) is 2.60. The van der Waals surface area contributed by atoms with Crippen LogP contribution in [0, 0.1) is 0 Å². The molecule has 0 spiro atoms. The Hall–Kier alpha value is -2.63. The van der Waals surface area contributed by atoms with Crippen molar-refractivity contribution in [1.82, 2.24) is 19.8 Å². The number of nitrogens with zero attached hydrogens (tertiary/aromatic N) is 3. The average molecular weight is 312 g/mol. The summed E-state index contributed by atoms with van der Waals surface area (Å²) in [5.74, 6) is 0.571. The van der Waals surface area contributed by atoms with Crippen molar-refractivity contribution in [2.45, 2.75) is 25.9 Å². The fourth-order valence-electron chi connectivity index (χ4n) is 2.97. The predicted molar refractivity (Wildman–Crippen MR) is 85.5 cm³/mol. The molecule has 1 N–H and O–H groups in total. The third-order valence-electron chi connectivity index (χ3n) is 4.03. The summed E-state index contributed by atoms with van der Waals surface area (Å²) in [5.41, 5.74) is 1.03. The van der Waals surface area contributed by atoms with Crippen LogP contribution in [-0.2, 0) is 16.1 Å². The lowest BCUT2D eigenvalue weighted by atomic mass is 10.0. The van der Waals surface area contributed by atoms with Crippen molar-refractivity contribution in [3.8, 4) is 0 Å². The molecular formula is C17H20N4O2. The molecule has 1 aliphatic rings. The summed E-state index contributed by atoms with van der Waals surface area (Å²) in [4.78, 5) is 30.1. The maximum absolute atomic E-state index is 12.6. The van der Waals surface area contributed by atoms with Gasteiger partial charge in [0.15, 0.2) is 0 Å². The van der Waals surface area contributed by atoms with Crippen LogP contribution >= 0.6 is 0 Å². The number of carbonyl (C=O) groups is 2. The Labute approximate surface area is 135 Å². The van der Waals surface area contributed by atoms with Gasteiger partial charge in [-0.1, -0.05) is 30.3 Å². The lowest BCUT2D eigenvalue weighted by Gasteiger charge is -2.30. The van der Waals surface area contributed by atoms with E-state index in [0.717, 1.165) is 24.4 Å². The topological polar surface area (TPSA) is 67.2 Å². The highest BCUT2D eigenvalue weighted by Gasteiger charge is 2.31. The van der Waals surface area contributed by atoms with Gasteiger partial charge in [0.25, 0.3) is 0 Å². The third kappa shape index (κ3) is 3.26. The zero-order valence-corrected chi connectivity index (χ0v) is 13.1. The monoisotopic (exact) mass is 312 g/mol. The van der Waals surface area contributed by atoms with Gasteiger partial charge in [-0.25, -0.2) is 4.98 Å². The van der Waals surface area contributed by atoms with Crippen LogP contribution in [0.1, 0.15) is 30.8 Å². The summed E-state index contributed by atoms with van der Waals surface area (Å²) >= 11 is 0. The molecule has 6 nitrogen and oxygen atoms in total. The molecule has 0 bridgehead atoms. The Balaban J connectivity index is 1.96. The maximum atomic E-state index is 12.6. The summed E-state index contributed by atoms with van der Waals surface area (Å²) in [6.07, 6.45) is 4.58. The van der Waals surface area contributed by atoms with Crippen LogP contribution < -0.4 is 5.32 Å². The first-order valence-electron chi connectivity index (χ1n) is 7.76. The normalized spacial score (nSPS) is 17.3. The molecule has 1 unspecified atom stereocenters. The minimum atomic E-state index is -0.227. The molecule has 1 aromatic carbocycles. The van der Waals surface area contributed by atoms with Crippen molar-refractivity contribution in [3.63, 3.8) is 0 Å². The Morgan fingerprint density at radius 2 is 2.04 bits per heavy atom. The van der Waals surface area contributed by atoms with Crippen LogP contribution in [0.15, 0.2) is 42.7 Å². The van der Waals surface area contributed by atoms with E-state index in [2.05, 4.69) is 14.9 Å². The highest BCUT2D eigenvalue weighted by molar-refractivity contribution is 5.84. The van der Waals surface area contributed by atoms with Gasteiger partial charge in [0.1, 0.15) is 11.9 Å². The molecule has 23 heavy (non-hydrogen) atoms. The molecule has 2 heterocycles. The fraction of sp³-hybridized carbons (Fsp3) is 0.353. The number of nitrogens with one attached hydrogen (secondary N) is 1. The van der Waals surface area contributed by atoms with Crippen molar-refractivity contribution in [3.05, 3.63) is 54.1 Å². The van der Waals surface area contributed by atoms with E-state index in [0.29, 0.717) is 6.54 Å². The van der Waals surface area contributed by atoms with Crippen LogP contribution in [0.25, 0.3) is 0 Å². The van der Waals surface area contributed by atoms with Gasteiger partial charge in [-0.05, 0) is 12.0 Å². The first kappa shape index (κ1) is 15.3. The van der Waals surface area contributed by atoms with Gasteiger partial charge in [-0.15, -0.1) is 0 Å². The summed E-state index contributed by atoms with van der Waals surface area (Å²) < 4.78 is 2.10. The van der Waals surface area contributed by atoms with Gasteiger partial charge in [0.2, 0.25) is 11.8 Å². The molecule has 3 rings (SSSR count). The Morgan fingerprint density at radius 1 is 1.26 bits per heavy atom. The highest BCUT2D eigenvalue weighted by Crippen LogP contribution is 2.30. The highest BCUT2D eigenvalue weighted by atomic mass is 16.2. The zero-order valence-electron chi connectivity index (χ0n) is 13.1. The zero-order chi connectivity index (χ0) is 16.2. The Bertz CT molecular complexity index is 696. The Morgan fingerprint density at radius 3 is 2.78 bits per heavy atom. The van der Waals surface area contributed by atoms with E-state index in [1.54, 1.807) is 6.20 Å². The number of carbonyl (C=O) groups excluding carboxylic acids is 2. The SMILES string of the molecule is CC(=O)NCC(=O)N1CCCn2ccnc2C1c1ccccc1. The molecule has 6 heteroatoms. The minimum absolute atomic E-state index is 0.0133. The quantitative estimate of drug-likeness (QED) is 0.930. The second-order valence-corrected chi connectivity index (χ2v) is 5.64. The van der Waals surface area contributed by atoms with E-state index in [-0.39, 0.29) is 24.4 Å². The van der Waals surface area contributed by atoms with Gasteiger partial charge >= 0.3 is 0 Å². The van der Waals surface area contributed by atoms with Gasteiger partial charge in [0.05, 0.1) is 6.54 Å². The first-order valence-corrected chi connectivity index (χ1v) is 7.76. The molecule has 1 atom stereocenters. The second kappa shape index (κ2) is 6.64. The van der Waals surface area contributed by atoms with Crippen molar-refractivity contribution in [2.24, 2.45) is 0 Å². The van der Waals surface area contributed by atoms with Crippen molar-refractivity contribution in [1.29, 1.82) is 0 Å². The van der Waals surface area contributed by atoms with Crippen molar-refractivity contribution in [2.75, 3.05) is 13.1 Å². The number of aromatic nitrogens is 2. The number of fused-ring (bicyclic) bond motifs is 1. The molecule has 1 aliphatic heterocycles. The summed E-state index contributed by atoms with van der Waals surface area (Å²) in [6.45, 7) is 2.90. The van der Waals surface area contributed by atoms with Crippen molar-refractivity contribution >= 4 is 11.8 Å². The largest absolute Gasteiger partial charge is 0.347 e. The van der Waals surface area contributed by atoms with Crippen molar-refractivity contribution < 1.29 is 9.59 Å². The molecule has 2 aromatic rings. The van der Waals surface area contributed by atoms with E-state index in [9.17, 15) is 9.59 Å². The van der Waals surface area contributed by atoms with E-state index in [1.165, 1.54) is 6.92 Å². The van der Waals surface area contributed by atoms with Crippen LogP contribution in [0.5, 0.6) is 0 Å². The summed E-state index contributed by atoms with van der Waals surface area (Å²) in [6, 6.07) is 9.67. The summed E-state index contributed by atoms with van der Waals surface area (Å²) in [7, 11) is 0. The average Bonchev–Trinajstić information content (AvgIpc) is 2.93. The van der Waals surface area contributed by atoms with Gasteiger partial charge < -0.3 is 14.8 Å². The van der Waals surface area contributed by atoms with Gasteiger partial charge in [-0.3, -0.25) is 9.59 Å². The Kier molecular flexibility index (Phi) is 4.41. The lowest BCUT2D eigenvalue weighted by Crippen LogP contribution is -2.42. The predicted octanol–water partition coefficient (Wildman–Crippen LogP) is 1.34. The number of rotatable bonds is 3. The van der Waals surface area contributed by atoms with Crippen LogP contribution in [0.3, 0.4) is 0 Å². The third-order valence-corrected chi connectivity index (χ3v) is 4.03. The molecule has 1 aromatic heterocycles. The van der Waals surface area contributed by atoms with E-state index in [4.69, 9.17) is 0 Å². The number of imidazole rings is 1. The fourth-order valence-corrected chi connectivity index (χ4v) is 2.97. The van der Waals surface area contributed by atoms with E-state index in [1.807, 2.05) is 41.4 Å². The van der Waals surface area contributed by atoms with Crippen LogP contribution in [-0.4, -0.2) is 39.4 Å². The number of hydrogen-bond acceptors (Lipinski definition) is 3. The first-order chi connectivity index (χ1) is 11.2. The maximum Gasteiger partial charge on any atom is 0.242 e. The van der Waals surface area contributed by atoms with Gasteiger partial charge in [0, 0.05) is 32.4 Å². The number of hydrogen-bond donors (Lipinski definition) is 1. The molecule has 0 aliphatic carbocycles. The molecular weight excluding hydrogens is 292 g/mol. The second-order valence-electron chi connectivity index (χ2n) is 5.64. The smallest absolute Gasteiger partial charge is 0.242 e. The van der Waals surface area contributed by atoms with E-state index >= 15 is 0 Å². The van der Waals surface area contributed by atoms with Crippen LogP contribution in [0.2, 0.25) is 0 Å². The molecule has 0 saturated heterocycles. The minimum Gasteiger partial charge on any atom is -0.347 e. The van der Waals surface area contributed by atoms with Crippen LogP contribution in [0.4, 0.5) is 0 Å². The number of benzene rings is 1. The molecule has 0 radical (unpaired) electrons. The molecule has 2 amide bonds. The number of aryl methyl sites for hydroxylation is 1. The number of amides is 2. The standard InChI is InChI=1S/C17H20N4O2/c1-13(22)19-12-15(23)21-10-5-9-20-11-8-18-17(20)16(21)14-6-3-2-4-7-14/h2-4,6-8,11,16H,5,9-10,12H2,1H3,(H,19,22). The van der Waals surface area contributed by atoms with E-state index < -0.39 is 0 Å².